The van der Waals surface area contributed by atoms with Crippen LogP contribution >= 0.6 is 0 Å². The average molecular weight is 357 g/mol. The van der Waals surface area contributed by atoms with Crippen molar-refractivity contribution in [3.05, 3.63) is 42.1 Å². The topological polar surface area (TPSA) is 84.5 Å². The molecule has 7 heteroatoms. The van der Waals surface area contributed by atoms with Gasteiger partial charge in [0.25, 0.3) is 5.91 Å². The number of morpholine rings is 1. The van der Waals surface area contributed by atoms with Crippen LogP contribution in [-0.4, -0.2) is 58.4 Å². The van der Waals surface area contributed by atoms with E-state index in [9.17, 15) is 9.59 Å². The summed E-state index contributed by atoms with van der Waals surface area (Å²) in [6, 6.07) is 11.1. The molecule has 1 N–H and O–H groups in total. The summed E-state index contributed by atoms with van der Waals surface area (Å²) in [5.41, 5.74) is 1.75. The van der Waals surface area contributed by atoms with Crippen molar-refractivity contribution < 1.29 is 19.1 Å². The summed E-state index contributed by atoms with van der Waals surface area (Å²) < 4.78 is 11.0. The first-order valence-electron chi connectivity index (χ1n) is 8.70. The first-order chi connectivity index (χ1) is 12.4. The summed E-state index contributed by atoms with van der Waals surface area (Å²) in [5.74, 6) is -0.821. The molecule has 0 spiro atoms. The number of hydrogen-bond acceptors (Lipinski definition) is 5. The molecule has 0 radical (unpaired) electrons. The van der Waals surface area contributed by atoms with E-state index in [1.165, 1.54) is 0 Å². The van der Waals surface area contributed by atoms with Gasteiger partial charge in [0, 0.05) is 18.7 Å². The number of nitrogens with zero attached hydrogens (tertiary/aromatic N) is 2. The van der Waals surface area contributed by atoms with Gasteiger partial charge in [0.2, 0.25) is 0 Å². The Kier molecular flexibility index (Phi) is 5.37. The van der Waals surface area contributed by atoms with E-state index < -0.39 is 12.1 Å². The Labute approximate surface area is 152 Å². The molecule has 7 nitrogen and oxygen atoms in total. The number of hydrogen-bond donors (Lipinski definition) is 1. The van der Waals surface area contributed by atoms with Gasteiger partial charge >= 0.3 is 5.97 Å². The second kappa shape index (κ2) is 7.70. The molecule has 1 aromatic carbocycles. The Morgan fingerprint density at radius 3 is 2.54 bits per heavy atom. The molecule has 0 unspecified atom stereocenters. The SMILES string of the molecule is C[C@@H]1CN(C(=O)[C@H](C)OC(=O)c2cc(-c3ccccc3)n[nH]2)C[C@@H](C)O1. The summed E-state index contributed by atoms with van der Waals surface area (Å²) in [4.78, 5) is 26.6. The average Bonchev–Trinajstić information content (AvgIpc) is 3.11. The maximum atomic E-state index is 12.6. The van der Waals surface area contributed by atoms with Gasteiger partial charge in [-0.05, 0) is 26.8 Å². The summed E-state index contributed by atoms with van der Waals surface area (Å²) >= 11 is 0. The van der Waals surface area contributed by atoms with E-state index in [0.717, 1.165) is 5.56 Å². The van der Waals surface area contributed by atoms with E-state index in [4.69, 9.17) is 9.47 Å². The van der Waals surface area contributed by atoms with Crippen LogP contribution in [0.15, 0.2) is 36.4 Å². The van der Waals surface area contributed by atoms with E-state index in [0.29, 0.717) is 18.8 Å². The minimum Gasteiger partial charge on any atom is -0.448 e. The van der Waals surface area contributed by atoms with E-state index in [1.54, 1.807) is 17.9 Å². The number of aromatic nitrogens is 2. The number of H-pyrrole nitrogens is 1. The molecule has 0 saturated carbocycles. The Balaban J connectivity index is 1.62. The third kappa shape index (κ3) is 4.11. The molecule has 1 fully saturated rings. The van der Waals surface area contributed by atoms with Gasteiger partial charge < -0.3 is 14.4 Å². The first kappa shape index (κ1) is 18.1. The predicted octanol–water partition coefficient (Wildman–Crippen LogP) is 2.26. The lowest BCUT2D eigenvalue weighted by molar-refractivity contribution is -0.151. The maximum absolute atomic E-state index is 12.6. The number of carbonyl (C=O) groups is 2. The van der Waals surface area contributed by atoms with Crippen molar-refractivity contribution in [1.82, 2.24) is 15.1 Å². The van der Waals surface area contributed by atoms with Crippen molar-refractivity contribution in [3.63, 3.8) is 0 Å². The van der Waals surface area contributed by atoms with Crippen molar-refractivity contribution in [1.29, 1.82) is 0 Å². The molecule has 1 aromatic heterocycles. The van der Waals surface area contributed by atoms with Crippen LogP contribution in [0, 0.1) is 0 Å². The van der Waals surface area contributed by atoms with Gasteiger partial charge in [0.15, 0.2) is 6.10 Å². The molecule has 0 aliphatic carbocycles. The second-order valence-electron chi connectivity index (χ2n) is 6.58. The number of nitrogens with one attached hydrogen (secondary N) is 1. The number of aromatic amines is 1. The van der Waals surface area contributed by atoms with Crippen LogP contribution in [0.25, 0.3) is 11.3 Å². The Bertz CT molecular complexity index is 764. The van der Waals surface area contributed by atoms with Crippen molar-refractivity contribution >= 4 is 11.9 Å². The molecular formula is C19H23N3O4. The van der Waals surface area contributed by atoms with Crippen molar-refractivity contribution in [2.75, 3.05) is 13.1 Å². The van der Waals surface area contributed by atoms with E-state index in [2.05, 4.69) is 10.2 Å². The number of rotatable bonds is 4. The van der Waals surface area contributed by atoms with Gasteiger partial charge in [-0.3, -0.25) is 9.89 Å². The summed E-state index contributed by atoms with van der Waals surface area (Å²) in [7, 11) is 0. The van der Waals surface area contributed by atoms with Crippen LogP contribution in [0.3, 0.4) is 0 Å². The number of carbonyl (C=O) groups excluding carboxylic acids is 2. The second-order valence-corrected chi connectivity index (χ2v) is 6.58. The van der Waals surface area contributed by atoms with Crippen LogP contribution in [-0.2, 0) is 14.3 Å². The highest BCUT2D eigenvalue weighted by atomic mass is 16.5. The Morgan fingerprint density at radius 1 is 1.23 bits per heavy atom. The van der Waals surface area contributed by atoms with Gasteiger partial charge in [-0.15, -0.1) is 0 Å². The minimum absolute atomic E-state index is 0.0355. The molecule has 0 bridgehead atoms. The van der Waals surface area contributed by atoms with E-state index >= 15 is 0 Å². The quantitative estimate of drug-likeness (QED) is 0.849. The normalized spacial score (nSPS) is 21.3. The van der Waals surface area contributed by atoms with Crippen LogP contribution in [0.4, 0.5) is 0 Å². The monoisotopic (exact) mass is 357 g/mol. The first-order valence-corrected chi connectivity index (χ1v) is 8.70. The molecule has 3 atom stereocenters. The zero-order valence-electron chi connectivity index (χ0n) is 15.1. The van der Waals surface area contributed by atoms with Gasteiger partial charge in [-0.25, -0.2) is 4.79 Å². The highest BCUT2D eigenvalue weighted by Gasteiger charge is 2.30. The fourth-order valence-electron chi connectivity index (χ4n) is 3.07. The molecule has 1 saturated heterocycles. The van der Waals surface area contributed by atoms with Gasteiger partial charge in [0.1, 0.15) is 5.69 Å². The smallest absolute Gasteiger partial charge is 0.357 e. The highest BCUT2D eigenvalue weighted by Crippen LogP contribution is 2.18. The Morgan fingerprint density at radius 2 is 1.88 bits per heavy atom. The van der Waals surface area contributed by atoms with Crippen LogP contribution in [0.5, 0.6) is 0 Å². The molecule has 1 aliphatic rings. The molecule has 3 rings (SSSR count). The summed E-state index contributed by atoms with van der Waals surface area (Å²) in [5, 5.41) is 6.80. The standard InChI is InChI=1S/C19H23N3O4/c1-12-10-22(11-13(2)25-12)18(23)14(3)26-19(24)17-9-16(20-21-17)15-7-5-4-6-8-15/h4-9,12-14H,10-11H2,1-3H3,(H,20,21)/t12-,13-,14+/m1/s1. The number of amides is 1. The van der Waals surface area contributed by atoms with E-state index in [1.807, 2.05) is 44.2 Å². The summed E-state index contributed by atoms with van der Waals surface area (Å²) in [6.45, 7) is 6.41. The zero-order valence-corrected chi connectivity index (χ0v) is 15.1. The van der Waals surface area contributed by atoms with Crippen molar-refractivity contribution in [3.8, 4) is 11.3 Å². The zero-order chi connectivity index (χ0) is 18.7. The molecule has 138 valence electrons. The van der Waals surface area contributed by atoms with Crippen LogP contribution in [0.1, 0.15) is 31.3 Å². The third-order valence-electron chi connectivity index (χ3n) is 4.23. The Hall–Kier alpha value is -2.67. The maximum Gasteiger partial charge on any atom is 0.357 e. The van der Waals surface area contributed by atoms with Gasteiger partial charge in [0.05, 0.1) is 17.9 Å². The number of ether oxygens (including phenoxy) is 2. The van der Waals surface area contributed by atoms with E-state index in [-0.39, 0.29) is 23.8 Å². The van der Waals surface area contributed by atoms with Crippen LogP contribution < -0.4 is 0 Å². The number of benzene rings is 1. The third-order valence-corrected chi connectivity index (χ3v) is 4.23. The lowest BCUT2D eigenvalue weighted by Crippen LogP contribution is -2.51. The largest absolute Gasteiger partial charge is 0.448 e. The highest BCUT2D eigenvalue weighted by molar-refractivity contribution is 5.91. The fourth-order valence-corrected chi connectivity index (χ4v) is 3.07. The summed E-state index contributed by atoms with van der Waals surface area (Å²) in [6.07, 6.45) is -0.943. The predicted molar refractivity (Wildman–Crippen MR) is 95.5 cm³/mol. The molecule has 26 heavy (non-hydrogen) atoms. The lowest BCUT2D eigenvalue weighted by atomic mass is 10.1. The molecule has 1 aliphatic heterocycles. The minimum atomic E-state index is -0.872. The van der Waals surface area contributed by atoms with Crippen LogP contribution in [0.2, 0.25) is 0 Å². The number of esters is 1. The van der Waals surface area contributed by atoms with Gasteiger partial charge in [-0.2, -0.15) is 5.10 Å². The molecule has 2 aromatic rings. The van der Waals surface area contributed by atoms with Crippen molar-refractivity contribution in [2.45, 2.75) is 39.1 Å². The molecular weight excluding hydrogens is 334 g/mol. The molecule has 2 heterocycles. The van der Waals surface area contributed by atoms with Gasteiger partial charge in [-0.1, -0.05) is 30.3 Å². The molecule has 1 amide bonds. The van der Waals surface area contributed by atoms with Crippen molar-refractivity contribution in [2.24, 2.45) is 0 Å². The lowest BCUT2D eigenvalue weighted by Gasteiger charge is -2.36. The fraction of sp³-hybridized carbons (Fsp3) is 0.421.